The number of nitrogens with one attached hydrogen (secondary N) is 2. The molecule has 1 aliphatic rings. The van der Waals surface area contributed by atoms with Crippen molar-refractivity contribution in [1.82, 2.24) is 15.1 Å². The highest BCUT2D eigenvalue weighted by Gasteiger charge is 2.29. The van der Waals surface area contributed by atoms with E-state index < -0.39 is 18.3 Å². The van der Waals surface area contributed by atoms with Crippen molar-refractivity contribution in [3.05, 3.63) is 21.0 Å². The molecule has 0 amide bonds. The van der Waals surface area contributed by atoms with Crippen LogP contribution in [-0.4, -0.2) is 48.3 Å². The molecule has 6 nitrogen and oxygen atoms in total. The van der Waals surface area contributed by atoms with Crippen LogP contribution in [0.5, 0.6) is 0 Å². The maximum atomic E-state index is 12.3. The Labute approximate surface area is 126 Å². The molecule has 118 valence electrons. The predicted octanol–water partition coefficient (Wildman–Crippen LogP) is 0.968. The summed E-state index contributed by atoms with van der Waals surface area (Å²) in [5.74, 6) is 0. The fourth-order valence-electron chi connectivity index (χ4n) is 1.85. The number of hydrogen-bond donors (Lipinski definition) is 2. The Morgan fingerprint density at radius 3 is 2.95 bits per heavy atom. The van der Waals surface area contributed by atoms with Gasteiger partial charge in [0, 0.05) is 19.1 Å². The van der Waals surface area contributed by atoms with Crippen LogP contribution in [0.3, 0.4) is 0 Å². The minimum Gasteiger partial charge on any atom is -0.381 e. The number of aromatic nitrogens is 2. The smallest absolute Gasteiger partial charge is 0.381 e. The Bertz CT molecular complexity index is 543. The summed E-state index contributed by atoms with van der Waals surface area (Å²) in [5.41, 5.74) is -0.476. The molecular weight excluding hydrogens is 357 g/mol. The predicted molar refractivity (Wildman–Crippen MR) is 73.4 cm³/mol. The van der Waals surface area contributed by atoms with Crippen molar-refractivity contribution >= 4 is 21.6 Å². The number of rotatable bonds is 4. The highest BCUT2D eigenvalue weighted by molar-refractivity contribution is 9.10. The van der Waals surface area contributed by atoms with Crippen LogP contribution >= 0.6 is 15.9 Å². The third-order valence-corrected chi connectivity index (χ3v) is 3.62. The largest absolute Gasteiger partial charge is 0.408 e. The van der Waals surface area contributed by atoms with Crippen molar-refractivity contribution in [2.75, 3.05) is 31.6 Å². The summed E-state index contributed by atoms with van der Waals surface area (Å²) in [4.78, 5) is 11.8. The molecule has 0 aromatic carbocycles. The number of alkyl halides is 3. The zero-order chi connectivity index (χ0) is 15.5. The zero-order valence-corrected chi connectivity index (χ0v) is 12.5. The van der Waals surface area contributed by atoms with Gasteiger partial charge in [0.25, 0.3) is 5.56 Å². The first-order valence-electron chi connectivity index (χ1n) is 6.24. The Morgan fingerprint density at radius 1 is 1.57 bits per heavy atom. The molecule has 1 aromatic rings. The molecule has 0 aliphatic carbocycles. The average Bonchev–Trinajstić information content (AvgIpc) is 2.43. The quantitative estimate of drug-likeness (QED) is 0.826. The van der Waals surface area contributed by atoms with Gasteiger partial charge >= 0.3 is 6.18 Å². The summed E-state index contributed by atoms with van der Waals surface area (Å²) < 4.78 is 42.6. The maximum absolute atomic E-state index is 12.3. The summed E-state index contributed by atoms with van der Waals surface area (Å²) in [6.45, 7) is 0.975. The van der Waals surface area contributed by atoms with Gasteiger partial charge in [-0.3, -0.25) is 4.79 Å². The minimum absolute atomic E-state index is 0.0264. The van der Waals surface area contributed by atoms with Gasteiger partial charge < -0.3 is 15.4 Å². The Balaban J connectivity index is 2.04. The van der Waals surface area contributed by atoms with E-state index in [-0.39, 0.29) is 10.5 Å². The lowest BCUT2D eigenvalue weighted by Gasteiger charge is -2.24. The molecule has 1 atom stereocenters. The molecule has 1 saturated heterocycles. The number of ether oxygens (including phenoxy) is 1. The van der Waals surface area contributed by atoms with Gasteiger partial charge in [-0.1, -0.05) is 0 Å². The summed E-state index contributed by atoms with van der Waals surface area (Å²) in [6.07, 6.45) is -3.30. The van der Waals surface area contributed by atoms with Crippen molar-refractivity contribution in [1.29, 1.82) is 0 Å². The second-order valence-electron chi connectivity index (χ2n) is 4.56. The van der Waals surface area contributed by atoms with Crippen LogP contribution in [0.15, 0.2) is 15.5 Å². The van der Waals surface area contributed by atoms with Crippen LogP contribution in [0.25, 0.3) is 0 Å². The summed E-state index contributed by atoms with van der Waals surface area (Å²) in [5, 5.41) is 9.71. The van der Waals surface area contributed by atoms with E-state index in [1.54, 1.807) is 0 Å². The first-order chi connectivity index (χ1) is 9.87. The summed E-state index contributed by atoms with van der Waals surface area (Å²) in [6, 6.07) is 0.0725. The van der Waals surface area contributed by atoms with E-state index in [2.05, 4.69) is 31.7 Å². The van der Waals surface area contributed by atoms with Gasteiger partial charge in [0.1, 0.15) is 11.0 Å². The van der Waals surface area contributed by atoms with Crippen molar-refractivity contribution in [2.24, 2.45) is 0 Å². The van der Waals surface area contributed by atoms with E-state index in [4.69, 9.17) is 4.74 Å². The SMILES string of the molecule is O=c1c(Br)c(NCC2COCCN2)cnn1CC(F)(F)F. The lowest BCUT2D eigenvalue weighted by atomic mass is 10.2. The minimum atomic E-state index is -4.49. The van der Waals surface area contributed by atoms with Crippen LogP contribution in [-0.2, 0) is 11.3 Å². The number of nitrogens with zero attached hydrogens (tertiary/aromatic N) is 2. The standard InChI is InChI=1S/C11H14BrF3N4O2/c12-9-8(17-3-7-5-21-2-1-16-7)4-18-19(10(9)20)6-11(13,14)15/h4,7,16-17H,1-3,5-6H2. The van der Waals surface area contributed by atoms with E-state index in [0.717, 1.165) is 6.54 Å². The average molecular weight is 371 g/mol. The molecular formula is C11H14BrF3N4O2. The van der Waals surface area contributed by atoms with Crippen LogP contribution < -0.4 is 16.2 Å². The second-order valence-corrected chi connectivity index (χ2v) is 5.35. The van der Waals surface area contributed by atoms with E-state index in [1.807, 2.05) is 0 Å². The van der Waals surface area contributed by atoms with E-state index in [9.17, 15) is 18.0 Å². The maximum Gasteiger partial charge on any atom is 0.408 e. The Hall–Kier alpha value is -1.13. The molecule has 2 N–H and O–H groups in total. The molecule has 0 bridgehead atoms. The number of halogens is 4. The summed E-state index contributed by atoms with van der Waals surface area (Å²) >= 11 is 3.01. The van der Waals surface area contributed by atoms with Crippen LogP contribution in [0.4, 0.5) is 18.9 Å². The van der Waals surface area contributed by atoms with Gasteiger partial charge in [0.05, 0.1) is 25.1 Å². The lowest BCUT2D eigenvalue weighted by molar-refractivity contribution is -0.143. The van der Waals surface area contributed by atoms with E-state index in [0.29, 0.717) is 30.1 Å². The molecule has 10 heteroatoms. The molecule has 0 spiro atoms. The fraction of sp³-hybridized carbons (Fsp3) is 0.636. The monoisotopic (exact) mass is 370 g/mol. The first kappa shape index (κ1) is 16.2. The van der Waals surface area contributed by atoms with Crippen LogP contribution in [0.2, 0.25) is 0 Å². The molecule has 1 aromatic heterocycles. The number of hydrogen-bond acceptors (Lipinski definition) is 5. The van der Waals surface area contributed by atoms with Gasteiger partial charge in [-0.15, -0.1) is 0 Å². The molecule has 2 heterocycles. The van der Waals surface area contributed by atoms with Crippen LogP contribution in [0.1, 0.15) is 0 Å². The van der Waals surface area contributed by atoms with Gasteiger partial charge in [-0.25, -0.2) is 4.68 Å². The topological polar surface area (TPSA) is 68.2 Å². The van der Waals surface area contributed by atoms with Crippen molar-refractivity contribution in [2.45, 2.75) is 18.8 Å². The lowest BCUT2D eigenvalue weighted by Crippen LogP contribution is -2.45. The fourth-order valence-corrected chi connectivity index (χ4v) is 2.30. The van der Waals surface area contributed by atoms with Crippen molar-refractivity contribution < 1.29 is 17.9 Å². The van der Waals surface area contributed by atoms with Crippen molar-refractivity contribution in [3.63, 3.8) is 0 Å². The Morgan fingerprint density at radius 2 is 2.33 bits per heavy atom. The molecule has 0 radical (unpaired) electrons. The highest BCUT2D eigenvalue weighted by Crippen LogP contribution is 2.19. The first-order valence-corrected chi connectivity index (χ1v) is 7.03. The Kier molecular flexibility index (Phi) is 5.22. The second kappa shape index (κ2) is 6.75. The highest BCUT2D eigenvalue weighted by atomic mass is 79.9. The molecule has 1 fully saturated rings. The zero-order valence-electron chi connectivity index (χ0n) is 10.9. The number of morpholine rings is 1. The molecule has 0 saturated carbocycles. The van der Waals surface area contributed by atoms with Gasteiger partial charge in [0.15, 0.2) is 0 Å². The third-order valence-electron chi connectivity index (χ3n) is 2.85. The molecule has 21 heavy (non-hydrogen) atoms. The summed E-state index contributed by atoms with van der Waals surface area (Å²) in [7, 11) is 0. The van der Waals surface area contributed by atoms with Gasteiger partial charge in [-0.05, 0) is 15.9 Å². The molecule has 1 unspecified atom stereocenters. The normalized spacial score (nSPS) is 19.5. The number of anilines is 1. The van der Waals surface area contributed by atoms with Crippen molar-refractivity contribution in [3.8, 4) is 0 Å². The van der Waals surface area contributed by atoms with Gasteiger partial charge in [-0.2, -0.15) is 18.3 Å². The van der Waals surface area contributed by atoms with E-state index in [1.165, 1.54) is 6.20 Å². The third kappa shape index (κ3) is 4.68. The van der Waals surface area contributed by atoms with Gasteiger partial charge in [0.2, 0.25) is 0 Å². The van der Waals surface area contributed by atoms with E-state index >= 15 is 0 Å². The molecule has 2 rings (SSSR count). The van der Waals surface area contributed by atoms with Crippen LogP contribution in [0, 0.1) is 0 Å². The molecule has 1 aliphatic heterocycles.